The number of hydrogen-bond acceptors (Lipinski definition) is 5. The number of aromatic nitrogens is 5. The molecule has 0 aliphatic carbocycles. The molecule has 9 heteroatoms. The fraction of sp³-hybridized carbons (Fsp3) is 0.250. The molecule has 0 spiro atoms. The van der Waals surface area contributed by atoms with Crippen molar-refractivity contribution in [2.24, 2.45) is 7.05 Å². The van der Waals surface area contributed by atoms with Crippen LogP contribution in [0.1, 0.15) is 22.5 Å². The lowest BCUT2D eigenvalue weighted by Crippen LogP contribution is -2.25. The van der Waals surface area contributed by atoms with E-state index in [2.05, 4.69) is 32.7 Å². The zero-order chi connectivity index (χ0) is 23.4. The van der Waals surface area contributed by atoms with Crippen molar-refractivity contribution in [1.82, 2.24) is 29.9 Å². The number of benzene rings is 2. The quantitative estimate of drug-likeness (QED) is 0.400. The molecule has 0 bridgehead atoms. The average molecular weight is 465 g/mol. The molecule has 1 N–H and O–H groups in total. The first kappa shape index (κ1) is 22.7. The zero-order valence-electron chi connectivity index (χ0n) is 18.7. The molecule has 4 rings (SSSR count). The van der Waals surface area contributed by atoms with E-state index in [9.17, 15) is 9.18 Å². The molecule has 0 atom stereocenters. The molecule has 0 saturated carbocycles. The van der Waals surface area contributed by atoms with Gasteiger partial charge in [0.25, 0.3) is 0 Å². The average Bonchev–Trinajstić information content (AvgIpc) is 3.30. The summed E-state index contributed by atoms with van der Waals surface area (Å²) in [5.41, 5.74) is 4.51. The third kappa shape index (κ3) is 5.14. The van der Waals surface area contributed by atoms with Gasteiger partial charge < -0.3 is 9.88 Å². The number of amides is 1. The predicted octanol–water partition coefficient (Wildman–Crippen LogP) is 3.89. The highest BCUT2D eigenvalue weighted by Gasteiger charge is 2.16. The van der Waals surface area contributed by atoms with Crippen LogP contribution < -0.4 is 5.32 Å². The summed E-state index contributed by atoms with van der Waals surface area (Å²) in [5.74, 6) is 0.124. The first-order valence-corrected chi connectivity index (χ1v) is 11.5. The minimum atomic E-state index is -0.360. The molecule has 1 amide bonds. The minimum Gasteiger partial charge on any atom is -0.351 e. The molecular formula is C24H25FN6OS. The van der Waals surface area contributed by atoms with Gasteiger partial charge in [-0.1, -0.05) is 54.2 Å². The summed E-state index contributed by atoms with van der Waals surface area (Å²) in [7, 11) is 1.76. The standard InChI is InChI=1S/C24H25FN6OS/c1-16-20(17(2)31(29-16)14-18-9-5-4-6-10-18)13-26-22(32)15-33-24-28-27-23(30(24)3)19-11-7-8-12-21(19)25/h4-12H,13-15H2,1-3H3,(H,26,32). The van der Waals surface area contributed by atoms with Gasteiger partial charge >= 0.3 is 0 Å². The molecule has 0 aliphatic heterocycles. The first-order chi connectivity index (χ1) is 15.9. The van der Waals surface area contributed by atoms with Gasteiger partial charge in [0.05, 0.1) is 23.6 Å². The molecule has 170 valence electrons. The van der Waals surface area contributed by atoms with Crippen molar-refractivity contribution in [3.05, 3.63) is 82.9 Å². The topological polar surface area (TPSA) is 77.6 Å². The van der Waals surface area contributed by atoms with Gasteiger partial charge in [0.2, 0.25) is 5.91 Å². The molecule has 2 heterocycles. The summed E-state index contributed by atoms with van der Waals surface area (Å²) in [6.45, 7) is 5.07. The Bertz CT molecular complexity index is 1270. The molecule has 2 aromatic carbocycles. The number of aryl methyl sites for hydroxylation is 1. The maximum atomic E-state index is 14.1. The van der Waals surface area contributed by atoms with Crippen molar-refractivity contribution in [1.29, 1.82) is 0 Å². The molecule has 0 unspecified atom stereocenters. The number of nitrogens with zero attached hydrogens (tertiary/aromatic N) is 5. The monoisotopic (exact) mass is 464 g/mol. The Hall–Kier alpha value is -3.46. The number of rotatable bonds is 8. The highest BCUT2D eigenvalue weighted by atomic mass is 32.2. The number of halogens is 1. The fourth-order valence-corrected chi connectivity index (χ4v) is 4.33. The fourth-order valence-electron chi connectivity index (χ4n) is 3.59. The number of nitrogens with one attached hydrogen (secondary N) is 1. The van der Waals surface area contributed by atoms with Crippen LogP contribution in [0.2, 0.25) is 0 Å². The second-order valence-electron chi connectivity index (χ2n) is 7.70. The van der Waals surface area contributed by atoms with E-state index in [0.29, 0.717) is 29.6 Å². The van der Waals surface area contributed by atoms with Gasteiger partial charge in [0, 0.05) is 24.8 Å². The van der Waals surface area contributed by atoms with Gasteiger partial charge in [-0.05, 0) is 31.5 Å². The van der Waals surface area contributed by atoms with Crippen LogP contribution >= 0.6 is 11.8 Å². The van der Waals surface area contributed by atoms with E-state index in [1.54, 1.807) is 29.8 Å². The lowest BCUT2D eigenvalue weighted by atomic mass is 10.2. The molecule has 0 fully saturated rings. The highest BCUT2D eigenvalue weighted by molar-refractivity contribution is 7.99. The molecule has 0 radical (unpaired) electrons. The maximum absolute atomic E-state index is 14.1. The summed E-state index contributed by atoms with van der Waals surface area (Å²) in [6, 6.07) is 16.6. The molecule has 7 nitrogen and oxygen atoms in total. The largest absolute Gasteiger partial charge is 0.351 e. The predicted molar refractivity (Wildman–Crippen MR) is 126 cm³/mol. The van der Waals surface area contributed by atoms with Crippen LogP contribution in [0.5, 0.6) is 0 Å². The Balaban J connectivity index is 1.35. The van der Waals surface area contributed by atoms with E-state index in [1.807, 2.05) is 36.7 Å². The van der Waals surface area contributed by atoms with E-state index >= 15 is 0 Å². The van der Waals surface area contributed by atoms with E-state index in [0.717, 1.165) is 17.0 Å². The minimum absolute atomic E-state index is 0.120. The van der Waals surface area contributed by atoms with Crippen LogP contribution in [0.4, 0.5) is 4.39 Å². The van der Waals surface area contributed by atoms with Gasteiger partial charge in [0.1, 0.15) is 5.82 Å². The SMILES string of the molecule is Cc1nn(Cc2ccccc2)c(C)c1CNC(=O)CSc1nnc(-c2ccccc2F)n1C. The van der Waals surface area contributed by atoms with Gasteiger partial charge in [0.15, 0.2) is 11.0 Å². The number of carbonyl (C=O) groups excluding carboxylic acids is 1. The summed E-state index contributed by atoms with van der Waals surface area (Å²) >= 11 is 1.26. The normalized spacial score (nSPS) is 11.0. The van der Waals surface area contributed by atoms with Crippen LogP contribution in [0.25, 0.3) is 11.4 Å². The third-order valence-corrected chi connectivity index (χ3v) is 6.47. The Morgan fingerprint density at radius 1 is 1.06 bits per heavy atom. The molecule has 2 aromatic heterocycles. The van der Waals surface area contributed by atoms with Crippen LogP contribution in [0.3, 0.4) is 0 Å². The molecule has 33 heavy (non-hydrogen) atoms. The summed E-state index contributed by atoms with van der Waals surface area (Å²) in [4.78, 5) is 12.5. The first-order valence-electron chi connectivity index (χ1n) is 10.5. The van der Waals surface area contributed by atoms with Crippen molar-refractivity contribution >= 4 is 17.7 Å². The molecule has 0 saturated heterocycles. The lowest BCUT2D eigenvalue weighted by molar-refractivity contribution is -0.118. The summed E-state index contributed by atoms with van der Waals surface area (Å²) in [6.07, 6.45) is 0. The number of hydrogen-bond donors (Lipinski definition) is 1. The van der Waals surface area contributed by atoms with Gasteiger partial charge in [-0.25, -0.2) is 4.39 Å². The Morgan fingerprint density at radius 3 is 2.55 bits per heavy atom. The van der Waals surface area contributed by atoms with Crippen molar-refractivity contribution in [2.45, 2.75) is 32.1 Å². The number of carbonyl (C=O) groups is 1. The van der Waals surface area contributed by atoms with Gasteiger partial charge in [-0.15, -0.1) is 10.2 Å². The summed E-state index contributed by atoms with van der Waals surface area (Å²) < 4.78 is 17.7. The van der Waals surface area contributed by atoms with Crippen molar-refractivity contribution < 1.29 is 9.18 Å². The van der Waals surface area contributed by atoms with Crippen molar-refractivity contribution in [2.75, 3.05) is 5.75 Å². The van der Waals surface area contributed by atoms with Crippen LogP contribution in [-0.4, -0.2) is 36.2 Å². The second kappa shape index (κ2) is 9.99. The summed E-state index contributed by atoms with van der Waals surface area (Å²) in [5, 5.41) is 16.3. The Kier molecular flexibility index (Phi) is 6.88. The second-order valence-corrected chi connectivity index (χ2v) is 8.65. The van der Waals surface area contributed by atoms with Gasteiger partial charge in [-0.3, -0.25) is 9.48 Å². The lowest BCUT2D eigenvalue weighted by Gasteiger charge is -2.08. The van der Waals surface area contributed by atoms with Gasteiger partial charge in [-0.2, -0.15) is 5.10 Å². The van der Waals surface area contributed by atoms with E-state index < -0.39 is 0 Å². The van der Waals surface area contributed by atoms with Crippen LogP contribution in [0, 0.1) is 19.7 Å². The van der Waals surface area contributed by atoms with Crippen LogP contribution in [-0.2, 0) is 24.9 Å². The molecular weight excluding hydrogens is 439 g/mol. The third-order valence-electron chi connectivity index (χ3n) is 5.45. The molecule has 0 aliphatic rings. The van der Waals surface area contributed by atoms with E-state index in [1.165, 1.54) is 23.4 Å². The Labute approximate surface area is 196 Å². The van der Waals surface area contributed by atoms with Crippen molar-refractivity contribution in [3.63, 3.8) is 0 Å². The zero-order valence-corrected chi connectivity index (χ0v) is 19.6. The smallest absolute Gasteiger partial charge is 0.230 e. The maximum Gasteiger partial charge on any atom is 0.230 e. The van der Waals surface area contributed by atoms with E-state index in [-0.39, 0.29) is 17.5 Å². The Morgan fingerprint density at radius 2 is 1.79 bits per heavy atom. The van der Waals surface area contributed by atoms with Crippen LogP contribution in [0.15, 0.2) is 59.8 Å². The van der Waals surface area contributed by atoms with Crippen molar-refractivity contribution in [3.8, 4) is 11.4 Å². The highest BCUT2D eigenvalue weighted by Crippen LogP contribution is 2.24. The van der Waals surface area contributed by atoms with E-state index in [4.69, 9.17) is 0 Å². The number of thioether (sulfide) groups is 1. The molecule has 4 aromatic rings.